The minimum Gasteiger partial charge on any atom is -0.488 e. The molecule has 0 spiro atoms. The van der Waals surface area contributed by atoms with Gasteiger partial charge < -0.3 is 9.84 Å². The summed E-state index contributed by atoms with van der Waals surface area (Å²) in [7, 11) is 0. The third kappa shape index (κ3) is 4.96. The van der Waals surface area contributed by atoms with E-state index in [2.05, 4.69) is 22.5 Å². The number of imide groups is 1. The molecule has 29 heavy (non-hydrogen) atoms. The molecule has 0 bridgehead atoms. The van der Waals surface area contributed by atoms with Crippen LogP contribution < -0.4 is 4.74 Å². The van der Waals surface area contributed by atoms with Crippen LogP contribution in [0.5, 0.6) is 5.75 Å². The summed E-state index contributed by atoms with van der Waals surface area (Å²) >= 11 is 4.35. The molecule has 0 radical (unpaired) electrons. The largest absolute Gasteiger partial charge is 0.488 e. The zero-order chi connectivity index (χ0) is 21.0. The molecule has 0 unspecified atom stereocenters. The Bertz CT molecular complexity index is 1020. The van der Waals surface area contributed by atoms with Gasteiger partial charge >= 0.3 is 5.97 Å². The summed E-state index contributed by atoms with van der Waals surface area (Å²) in [5.41, 5.74) is 1.80. The molecule has 1 fully saturated rings. The highest BCUT2D eigenvalue weighted by molar-refractivity contribution is 9.10. The Morgan fingerprint density at radius 2 is 1.93 bits per heavy atom. The molecule has 3 rings (SSSR count). The second-order valence-electron chi connectivity index (χ2n) is 6.06. The number of thioether (sulfide) groups is 1. The summed E-state index contributed by atoms with van der Waals surface area (Å²) < 4.78 is 6.47. The lowest BCUT2D eigenvalue weighted by Crippen LogP contribution is -2.27. The highest BCUT2D eigenvalue weighted by Gasteiger charge is 2.34. The summed E-state index contributed by atoms with van der Waals surface area (Å²) in [6.07, 6.45) is 3.17. The number of ether oxygens (including phenoxy) is 1. The van der Waals surface area contributed by atoms with Crippen molar-refractivity contribution >= 4 is 50.9 Å². The molecule has 1 aliphatic heterocycles. The molecule has 0 aromatic heterocycles. The second kappa shape index (κ2) is 9.11. The van der Waals surface area contributed by atoms with Crippen molar-refractivity contribution in [1.29, 1.82) is 0 Å². The van der Waals surface area contributed by atoms with Gasteiger partial charge in [0.25, 0.3) is 11.1 Å². The predicted octanol–water partition coefficient (Wildman–Crippen LogP) is 4.95. The van der Waals surface area contributed by atoms with Gasteiger partial charge in [0.2, 0.25) is 0 Å². The first-order valence-corrected chi connectivity index (χ1v) is 10.1. The molecule has 148 valence electrons. The summed E-state index contributed by atoms with van der Waals surface area (Å²) in [6.45, 7) is 4.02. The van der Waals surface area contributed by atoms with Crippen LogP contribution in [0, 0.1) is 0 Å². The molecule has 0 saturated carbocycles. The van der Waals surface area contributed by atoms with Gasteiger partial charge in [-0.25, -0.2) is 4.79 Å². The quantitative estimate of drug-likeness (QED) is 0.452. The van der Waals surface area contributed by atoms with Crippen molar-refractivity contribution in [2.75, 3.05) is 6.54 Å². The minimum absolute atomic E-state index is 0.186. The number of halogens is 1. The van der Waals surface area contributed by atoms with Crippen LogP contribution in [0.2, 0.25) is 0 Å². The highest BCUT2D eigenvalue weighted by atomic mass is 79.9. The average molecular weight is 474 g/mol. The van der Waals surface area contributed by atoms with Gasteiger partial charge in [0, 0.05) is 6.54 Å². The number of carboxylic acid groups (broad SMARTS) is 1. The first kappa shape index (κ1) is 20.9. The fourth-order valence-corrected chi connectivity index (χ4v) is 3.93. The lowest BCUT2D eigenvalue weighted by molar-refractivity contribution is -0.122. The van der Waals surface area contributed by atoms with E-state index < -0.39 is 5.97 Å². The fourth-order valence-electron chi connectivity index (χ4n) is 2.57. The Morgan fingerprint density at radius 3 is 2.55 bits per heavy atom. The predicted molar refractivity (Wildman–Crippen MR) is 115 cm³/mol. The van der Waals surface area contributed by atoms with Crippen LogP contribution in [0.4, 0.5) is 4.79 Å². The Morgan fingerprint density at radius 1 is 1.21 bits per heavy atom. The van der Waals surface area contributed by atoms with E-state index in [0.29, 0.717) is 15.1 Å². The monoisotopic (exact) mass is 473 g/mol. The minimum atomic E-state index is -0.974. The van der Waals surface area contributed by atoms with Gasteiger partial charge in [0.05, 0.1) is 14.9 Å². The van der Waals surface area contributed by atoms with Gasteiger partial charge in [-0.3, -0.25) is 14.5 Å². The van der Waals surface area contributed by atoms with Gasteiger partial charge in [-0.15, -0.1) is 6.58 Å². The van der Waals surface area contributed by atoms with Crippen molar-refractivity contribution < 1.29 is 24.2 Å². The maximum absolute atomic E-state index is 12.3. The number of rotatable bonds is 7. The van der Waals surface area contributed by atoms with E-state index in [-0.39, 0.29) is 29.9 Å². The molecule has 1 heterocycles. The second-order valence-corrected chi connectivity index (χ2v) is 7.91. The molecule has 1 aliphatic rings. The molecular formula is C21H16BrNO5S. The van der Waals surface area contributed by atoms with Gasteiger partial charge in [-0.05, 0) is 69.2 Å². The third-order valence-corrected chi connectivity index (χ3v) is 5.56. The Hall–Kier alpha value is -2.84. The Kier molecular flexibility index (Phi) is 6.56. The number of carbonyl (C=O) groups excluding carboxylic acids is 2. The summed E-state index contributed by atoms with van der Waals surface area (Å²) in [5, 5.41) is 8.62. The number of nitrogens with zero attached hydrogens (tertiary/aromatic N) is 1. The van der Waals surface area contributed by atoms with Crippen molar-refractivity contribution in [2.45, 2.75) is 6.61 Å². The lowest BCUT2D eigenvalue weighted by Gasteiger charge is -2.10. The van der Waals surface area contributed by atoms with Crippen molar-refractivity contribution in [2.24, 2.45) is 0 Å². The summed E-state index contributed by atoms with van der Waals surface area (Å²) in [6, 6.07) is 11.8. The van der Waals surface area contributed by atoms with Crippen LogP contribution in [-0.4, -0.2) is 33.7 Å². The fraction of sp³-hybridized carbons (Fsp3) is 0.0952. The zero-order valence-corrected chi connectivity index (χ0v) is 17.5. The molecule has 1 saturated heterocycles. The van der Waals surface area contributed by atoms with Crippen molar-refractivity contribution in [3.63, 3.8) is 0 Å². The summed E-state index contributed by atoms with van der Waals surface area (Å²) in [4.78, 5) is 36.6. The zero-order valence-electron chi connectivity index (χ0n) is 15.1. The third-order valence-electron chi connectivity index (χ3n) is 4.03. The molecule has 8 heteroatoms. The Balaban J connectivity index is 1.69. The molecule has 6 nitrogen and oxygen atoms in total. The number of carboxylic acids is 1. The number of aromatic carboxylic acids is 1. The highest BCUT2D eigenvalue weighted by Crippen LogP contribution is 2.34. The van der Waals surface area contributed by atoms with Gasteiger partial charge in [0.1, 0.15) is 12.4 Å². The van der Waals surface area contributed by atoms with Crippen LogP contribution >= 0.6 is 27.7 Å². The maximum Gasteiger partial charge on any atom is 0.335 e. The first-order chi connectivity index (χ1) is 13.9. The van der Waals surface area contributed by atoms with Gasteiger partial charge in [-0.1, -0.05) is 24.3 Å². The first-order valence-electron chi connectivity index (χ1n) is 8.50. The van der Waals surface area contributed by atoms with E-state index >= 15 is 0 Å². The summed E-state index contributed by atoms with van der Waals surface area (Å²) in [5.74, 6) is -0.705. The van der Waals surface area contributed by atoms with Crippen LogP contribution in [-0.2, 0) is 11.4 Å². The van der Waals surface area contributed by atoms with Crippen molar-refractivity contribution in [1.82, 2.24) is 4.90 Å². The smallest absolute Gasteiger partial charge is 0.335 e. The number of hydrogen-bond acceptors (Lipinski definition) is 5. The van der Waals surface area contributed by atoms with E-state index in [9.17, 15) is 14.4 Å². The molecular weight excluding hydrogens is 458 g/mol. The Labute approximate surface area is 180 Å². The van der Waals surface area contributed by atoms with E-state index in [1.807, 2.05) is 0 Å². The van der Waals surface area contributed by atoms with Crippen molar-refractivity contribution in [3.05, 3.63) is 81.2 Å². The van der Waals surface area contributed by atoms with Gasteiger partial charge in [-0.2, -0.15) is 0 Å². The molecule has 2 aromatic rings. The van der Waals surface area contributed by atoms with E-state index in [1.54, 1.807) is 36.4 Å². The number of amides is 2. The molecule has 2 amide bonds. The molecule has 2 aromatic carbocycles. The van der Waals surface area contributed by atoms with Crippen LogP contribution in [0.15, 0.2) is 64.5 Å². The van der Waals surface area contributed by atoms with Crippen molar-refractivity contribution in [3.8, 4) is 5.75 Å². The standard InChI is InChI=1S/C21H16BrNO5S/c1-2-9-23-19(24)18(29-21(23)27)11-14-5-8-17(16(22)10-14)28-12-13-3-6-15(7-4-13)20(25)26/h2-8,10-11H,1,9,12H2,(H,25,26). The van der Waals surface area contributed by atoms with E-state index in [1.165, 1.54) is 18.2 Å². The van der Waals surface area contributed by atoms with E-state index in [0.717, 1.165) is 27.8 Å². The van der Waals surface area contributed by atoms with Crippen LogP contribution in [0.25, 0.3) is 6.08 Å². The maximum atomic E-state index is 12.3. The van der Waals surface area contributed by atoms with Crippen LogP contribution in [0.3, 0.4) is 0 Å². The van der Waals surface area contributed by atoms with Gasteiger partial charge in [0.15, 0.2) is 0 Å². The van der Waals surface area contributed by atoms with Crippen LogP contribution in [0.1, 0.15) is 21.5 Å². The number of hydrogen-bond donors (Lipinski definition) is 1. The SMILES string of the molecule is C=CCN1C(=O)SC(=Cc2ccc(OCc3ccc(C(=O)O)cc3)c(Br)c2)C1=O. The number of benzene rings is 2. The topological polar surface area (TPSA) is 83.9 Å². The molecule has 1 N–H and O–H groups in total. The number of carbonyl (C=O) groups is 3. The average Bonchev–Trinajstić information content (AvgIpc) is 2.95. The lowest BCUT2D eigenvalue weighted by atomic mass is 10.1. The van der Waals surface area contributed by atoms with E-state index in [4.69, 9.17) is 9.84 Å². The normalized spacial score (nSPS) is 15.1. The molecule has 0 aliphatic carbocycles. The molecule has 0 atom stereocenters.